The fraction of sp³-hybridized carbons (Fsp3) is 0.727. The zero-order valence-corrected chi connectivity index (χ0v) is 11.1. The predicted molar refractivity (Wildman–Crippen MR) is 67.5 cm³/mol. The minimum Gasteiger partial charge on any atom is -0.355 e. The number of sulfone groups is 1. The summed E-state index contributed by atoms with van der Waals surface area (Å²) < 4.78 is 22.3. The molecule has 0 spiro atoms. The molecule has 0 radical (unpaired) electrons. The van der Waals surface area contributed by atoms with Gasteiger partial charge in [-0.1, -0.05) is 11.6 Å². The van der Waals surface area contributed by atoms with Crippen LogP contribution < -0.4 is 10.6 Å². The number of carbonyl (C=O) groups is 1. The van der Waals surface area contributed by atoms with E-state index in [9.17, 15) is 13.2 Å². The minimum absolute atomic E-state index is 0.415. The van der Waals surface area contributed by atoms with Gasteiger partial charge in [-0.05, 0) is 26.3 Å². The minimum atomic E-state index is -3.29. The van der Waals surface area contributed by atoms with E-state index in [0.29, 0.717) is 6.54 Å². The van der Waals surface area contributed by atoms with Crippen molar-refractivity contribution in [2.75, 3.05) is 25.9 Å². The van der Waals surface area contributed by atoms with E-state index in [2.05, 4.69) is 16.7 Å². The molecule has 1 rings (SSSR count). The molecule has 98 valence electrons. The van der Waals surface area contributed by atoms with Crippen LogP contribution in [-0.2, 0) is 14.6 Å². The highest BCUT2D eigenvalue weighted by Crippen LogP contribution is 2.08. The molecular formula is C11H20N2O3S. The van der Waals surface area contributed by atoms with Crippen molar-refractivity contribution in [2.24, 2.45) is 0 Å². The zero-order chi connectivity index (χ0) is 12.9. The number of hydrogen-bond acceptors (Lipinski definition) is 4. The molecule has 2 N–H and O–H groups in total. The Morgan fingerprint density at radius 2 is 2.29 bits per heavy atom. The quantitative estimate of drug-likeness (QED) is 0.674. The molecular weight excluding hydrogens is 240 g/mol. The molecule has 1 unspecified atom stereocenters. The lowest BCUT2D eigenvalue weighted by Gasteiger charge is -2.15. The monoisotopic (exact) mass is 260 g/mol. The van der Waals surface area contributed by atoms with E-state index in [-0.39, 0.29) is 0 Å². The van der Waals surface area contributed by atoms with E-state index in [4.69, 9.17) is 0 Å². The van der Waals surface area contributed by atoms with E-state index in [1.807, 2.05) is 0 Å². The first-order chi connectivity index (χ1) is 7.91. The topological polar surface area (TPSA) is 75.3 Å². The van der Waals surface area contributed by atoms with Gasteiger partial charge in [-0.25, -0.2) is 8.42 Å². The Kier molecular flexibility index (Phi) is 5.14. The van der Waals surface area contributed by atoms with Crippen LogP contribution in [0.5, 0.6) is 0 Å². The van der Waals surface area contributed by atoms with Crippen molar-refractivity contribution in [1.29, 1.82) is 0 Å². The highest BCUT2D eigenvalue weighted by Gasteiger charge is 2.22. The fourth-order valence-corrected chi connectivity index (χ4v) is 2.05. The summed E-state index contributed by atoms with van der Waals surface area (Å²) >= 11 is 0. The summed E-state index contributed by atoms with van der Waals surface area (Å²) in [6.45, 7) is 3.77. The van der Waals surface area contributed by atoms with Crippen LogP contribution in [0.1, 0.15) is 19.8 Å². The summed E-state index contributed by atoms with van der Waals surface area (Å²) in [6, 6.07) is 0. The highest BCUT2D eigenvalue weighted by molar-refractivity contribution is 7.92. The van der Waals surface area contributed by atoms with Crippen molar-refractivity contribution in [1.82, 2.24) is 10.6 Å². The Bertz CT molecular complexity index is 401. The second kappa shape index (κ2) is 6.16. The molecule has 0 aromatic carbocycles. The average Bonchev–Trinajstić information content (AvgIpc) is 2.28. The Hall–Kier alpha value is -0.880. The standard InChI is InChI=1S/C11H20N2O3S/c1-9(17(2,15)16)11(14)13-8-5-10-3-6-12-7-4-10/h3,9,12H,4-8H2,1-2H3,(H,13,14). The van der Waals surface area contributed by atoms with Gasteiger partial charge in [0.1, 0.15) is 5.25 Å². The third-order valence-corrected chi connectivity index (χ3v) is 4.41. The van der Waals surface area contributed by atoms with Crippen LogP contribution in [-0.4, -0.2) is 45.5 Å². The molecule has 0 bridgehead atoms. The lowest BCUT2D eigenvalue weighted by atomic mass is 10.1. The van der Waals surface area contributed by atoms with Crippen molar-refractivity contribution in [3.05, 3.63) is 11.6 Å². The van der Waals surface area contributed by atoms with Crippen LogP contribution in [0.15, 0.2) is 11.6 Å². The lowest BCUT2D eigenvalue weighted by Crippen LogP contribution is -2.38. The summed E-state index contributed by atoms with van der Waals surface area (Å²) in [5.41, 5.74) is 1.32. The molecule has 1 amide bonds. The van der Waals surface area contributed by atoms with Gasteiger partial charge in [-0.3, -0.25) is 4.79 Å². The smallest absolute Gasteiger partial charge is 0.238 e. The van der Waals surface area contributed by atoms with Gasteiger partial charge in [0, 0.05) is 19.3 Å². The Morgan fingerprint density at radius 1 is 1.59 bits per heavy atom. The van der Waals surface area contributed by atoms with E-state index in [1.54, 1.807) is 0 Å². The molecule has 17 heavy (non-hydrogen) atoms. The summed E-state index contributed by atoms with van der Waals surface area (Å²) in [6.07, 6.45) is 4.99. The summed E-state index contributed by atoms with van der Waals surface area (Å²) in [4.78, 5) is 11.5. The van der Waals surface area contributed by atoms with E-state index in [1.165, 1.54) is 12.5 Å². The van der Waals surface area contributed by atoms with Gasteiger partial charge in [0.25, 0.3) is 0 Å². The maximum atomic E-state index is 11.5. The zero-order valence-electron chi connectivity index (χ0n) is 10.3. The molecule has 5 nitrogen and oxygen atoms in total. The Labute approximate surface area is 103 Å². The molecule has 0 aliphatic carbocycles. The van der Waals surface area contributed by atoms with Crippen molar-refractivity contribution < 1.29 is 13.2 Å². The number of carbonyl (C=O) groups excluding carboxylic acids is 1. The van der Waals surface area contributed by atoms with Gasteiger partial charge < -0.3 is 10.6 Å². The molecule has 0 fully saturated rings. The van der Waals surface area contributed by atoms with Gasteiger partial charge in [-0.15, -0.1) is 0 Å². The van der Waals surface area contributed by atoms with Gasteiger partial charge in [0.05, 0.1) is 0 Å². The number of nitrogens with one attached hydrogen (secondary N) is 2. The molecule has 0 aromatic heterocycles. The van der Waals surface area contributed by atoms with E-state index < -0.39 is 21.0 Å². The summed E-state index contributed by atoms with van der Waals surface area (Å²) in [5.74, 6) is -0.415. The second-order valence-corrected chi connectivity index (χ2v) is 6.70. The Morgan fingerprint density at radius 3 is 2.82 bits per heavy atom. The lowest BCUT2D eigenvalue weighted by molar-refractivity contribution is -0.120. The van der Waals surface area contributed by atoms with Gasteiger partial charge in [0.15, 0.2) is 9.84 Å². The molecule has 1 heterocycles. The molecule has 0 saturated carbocycles. The first kappa shape index (κ1) is 14.2. The largest absolute Gasteiger partial charge is 0.355 e. The molecule has 1 aliphatic heterocycles. The maximum Gasteiger partial charge on any atom is 0.238 e. The molecule has 0 saturated heterocycles. The van der Waals surface area contributed by atoms with Crippen molar-refractivity contribution in [3.63, 3.8) is 0 Å². The van der Waals surface area contributed by atoms with Gasteiger partial charge >= 0.3 is 0 Å². The first-order valence-corrected chi connectivity index (χ1v) is 7.72. The fourth-order valence-electron chi connectivity index (χ4n) is 1.58. The molecule has 6 heteroatoms. The SMILES string of the molecule is CC(C(=O)NCCC1=CCNCC1)S(C)(=O)=O. The molecule has 0 aromatic rings. The van der Waals surface area contributed by atoms with E-state index >= 15 is 0 Å². The Balaban J connectivity index is 2.31. The van der Waals surface area contributed by atoms with Crippen molar-refractivity contribution in [3.8, 4) is 0 Å². The van der Waals surface area contributed by atoms with Gasteiger partial charge in [-0.2, -0.15) is 0 Å². The van der Waals surface area contributed by atoms with Crippen LogP contribution in [0.25, 0.3) is 0 Å². The maximum absolute atomic E-state index is 11.5. The third-order valence-electron chi connectivity index (χ3n) is 2.91. The summed E-state index contributed by atoms with van der Waals surface area (Å²) in [7, 11) is -3.29. The normalized spacial score (nSPS) is 18.4. The molecule has 1 aliphatic rings. The van der Waals surface area contributed by atoms with Crippen LogP contribution in [0, 0.1) is 0 Å². The molecule has 1 atom stereocenters. The third kappa shape index (κ3) is 4.87. The van der Waals surface area contributed by atoms with Crippen LogP contribution in [0.3, 0.4) is 0 Å². The van der Waals surface area contributed by atoms with E-state index in [0.717, 1.165) is 32.2 Å². The average molecular weight is 260 g/mol. The van der Waals surface area contributed by atoms with Crippen LogP contribution in [0.2, 0.25) is 0 Å². The second-order valence-electron chi connectivity index (χ2n) is 4.33. The summed E-state index contributed by atoms with van der Waals surface area (Å²) in [5, 5.41) is 4.90. The first-order valence-electron chi connectivity index (χ1n) is 5.76. The number of hydrogen-bond donors (Lipinski definition) is 2. The van der Waals surface area contributed by atoms with Crippen molar-refractivity contribution >= 4 is 15.7 Å². The number of amides is 1. The van der Waals surface area contributed by atoms with Gasteiger partial charge in [0.2, 0.25) is 5.91 Å². The van der Waals surface area contributed by atoms with Crippen LogP contribution in [0.4, 0.5) is 0 Å². The highest BCUT2D eigenvalue weighted by atomic mass is 32.2. The van der Waals surface area contributed by atoms with Crippen LogP contribution >= 0.6 is 0 Å². The van der Waals surface area contributed by atoms with Crippen molar-refractivity contribution in [2.45, 2.75) is 25.0 Å². The number of rotatable bonds is 5. The predicted octanol–water partition coefficient (Wildman–Crippen LogP) is -0.154.